The van der Waals surface area contributed by atoms with E-state index in [0.717, 1.165) is 45.7 Å². The number of carbonyl (C=O) groups is 1. The number of aromatic nitrogens is 4. The smallest absolute Gasteiger partial charge is 0.234 e. The van der Waals surface area contributed by atoms with Crippen molar-refractivity contribution < 1.29 is 4.79 Å². The van der Waals surface area contributed by atoms with Crippen LogP contribution in [0, 0.1) is 13.8 Å². The maximum atomic E-state index is 12.4. The van der Waals surface area contributed by atoms with Gasteiger partial charge in [-0.05, 0) is 62.2 Å². The van der Waals surface area contributed by atoms with Crippen LogP contribution < -0.4 is 5.32 Å². The maximum Gasteiger partial charge on any atom is 0.234 e. The normalized spacial score (nSPS) is 11.2. The minimum absolute atomic E-state index is 0.0630. The van der Waals surface area contributed by atoms with Crippen LogP contribution in [-0.2, 0) is 11.3 Å². The number of thiazole rings is 1. The molecule has 0 saturated carbocycles. The van der Waals surface area contributed by atoms with Crippen LogP contribution in [0.5, 0.6) is 0 Å². The summed E-state index contributed by atoms with van der Waals surface area (Å²) in [5.74, 6) is 1.10. The number of anilines is 1. The van der Waals surface area contributed by atoms with Crippen LogP contribution in [0.3, 0.4) is 0 Å². The average molecular weight is 438 g/mol. The van der Waals surface area contributed by atoms with Gasteiger partial charge in [0.1, 0.15) is 10.8 Å². The summed E-state index contributed by atoms with van der Waals surface area (Å²) >= 11 is 3.09. The van der Waals surface area contributed by atoms with Gasteiger partial charge in [0, 0.05) is 17.8 Å². The number of aryl methyl sites for hydroxylation is 2. The van der Waals surface area contributed by atoms with Gasteiger partial charge in [-0.2, -0.15) is 0 Å². The van der Waals surface area contributed by atoms with Crippen LogP contribution in [0.2, 0.25) is 0 Å². The van der Waals surface area contributed by atoms with Crippen LogP contribution in [0.4, 0.5) is 5.69 Å². The van der Waals surface area contributed by atoms with Gasteiger partial charge in [-0.15, -0.1) is 21.5 Å². The Hall–Kier alpha value is -2.71. The molecule has 0 aliphatic heterocycles. The van der Waals surface area contributed by atoms with Crippen LogP contribution in [0.1, 0.15) is 24.7 Å². The molecule has 1 N–H and O–H groups in total. The number of nitrogens with one attached hydrogen (secondary N) is 1. The molecule has 0 bridgehead atoms. The van der Waals surface area contributed by atoms with Crippen molar-refractivity contribution in [2.75, 3.05) is 11.1 Å². The van der Waals surface area contributed by atoms with E-state index >= 15 is 0 Å². The molecule has 2 aromatic carbocycles. The lowest BCUT2D eigenvalue weighted by molar-refractivity contribution is -0.113. The molecule has 0 aliphatic rings. The van der Waals surface area contributed by atoms with Crippen molar-refractivity contribution in [3.63, 3.8) is 0 Å². The molecule has 0 aliphatic carbocycles. The molecular weight excluding hydrogens is 414 g/mol. The highest BCUT2D eigenvalue weighted by atomic mass is 32.2. The first-order valence-corrected chi connectivity index (χ1v) is 11.6. The van der Waals surface area contributed by atoms with Gasteiger partial charge >= 0.3 is 0 Å². The molecule has 0 spiro atoms. The van der Waals surface area contributed by atoms with Gasteiger partial charge in [0.25, 0.3) is 0 Å². The Morgan fingerprint density at radius 2 is 1.93 bits per heavy atom. The van der Waals surface area contributed by atoms with E-state index < -0.39 is 0 Å². The van der Waals surface area contributed by atoms with Gasteiger partial charge in [0.15, 0.2) is 5.16 Å². The van der Waals surface area contributed by atoms with Gasteiger partial charge in [0.05, 0.1) is 16.0 Å². The molecule has 2 aromatic heterocycles. The van der Waals surface area contributed by atoms with Gasteiger partial charge in [-0.25, -0.2) is 4.98 Å². The lowest BCUT2D eigenvalue weighted by Crippen LogP contribution is -2.14. The second kappa shape index (κ2) is 8.97. The SMILES string of the molecule is CCCn1c(C)nnc1SCC(=O)Nc1ccc(-c2nc3ccc(C)cc3s2)cc1. The molecule has 0 fully saturated rings. The van der Waals surface area contributed by atoms with Crippen LogP contribution >= 0.6 is 23.1 Å². The quantitative estimate of drug-likeness (QED) is 0.397. The topological polar surface area (TPSA) is 72.7 Å². The fraction of sp³-hybridized carbons (Fsp3) is 0.273. The summed E-state index contributed by atoms with van der Waals surface area (Å²) in [6.07, 6.45) is 0.999. The van der Waals surface area contributed by atoms with Crippen molar-refractivity contribution in [1.82, 2.24) is 19.7 Å². The zero-order valence-electron chi connectivity index (χ0n) is 17.2. The summed E-state index contributed by atoms with van der Waals surface area (Å²) in [6.45, 7) is 6.99. The molecule has 0 atom stereocenters. The molecule has 4 rings (SSSR count). The van der Waals surface area contributed by atoms with Crippen molar-refractivity contribution in [3.05, 3.63) is 53.9 Å². The summed E-state index contributed by atoms with van der Waals surface area (Å²) in [5, 5.41) is 13.0. The van der Waals surface area contributed by atoms with Crippen molar-refractivity contribution >= 4 is 44.9 Å². The predicted molar refractivity (Wildman–Crippen MR) is 124 cm³/mol. The third-order valence-electron chi connectivity index (χ3n) is 4.64. The summed E-state index contributed by atoms with van der Waals surface area (Å²) in [5.41, 5.74) is 4.06. The monoisotopic (exact) mass is 437 g/mol. The number of rotatable bonds is 7. The summed E-state index contributed by atoms with van der Waals surface area (Å²) in [6, 6.07) is 14.1. The second-order valence-electron chi connectivity index (χ2n) is 7.09. The Morgan fingerprint density at radius 3 is 2.70 bits per heavy atom. The average Bonchev–Trinajstić information content (AvgIpc) is 3.31. The van der Waals surface area contributed by atoms with Crippen molar-refractivity contribution in [2.45, 2.75) is 38.9 Å². The fourth-order valence-electron chi connectivity index (χ4n) is 3.13. The molecule has 30 heavy (non-hydrogen) atoms. The highest BCUT2D eigenvalue weighted by Gasteiger charge is 2.12. The number of hydrogen-bond donors (Lipinski definition) is 1. The fourth-order valence-corrected chi connectivity index (χ4v) is 5.01. The lowest BCUT2D eigenvalue weighted by Gasteiger charge is -2.07. The van der Waals surface area contributed by atoms with E-state index in [2.05, 4.69) is 47.6 Å². The molecule has 0 radical (unpaired) electrons. The van der Waals surface area contributed by atoms with E-state index in [1.165, 1.54) is 22.0 Å². The third-order valence-corrected chi connectivity index (χ3v) is 6.67. The van der Waals surface area contributed by atoms with Crippen LogP contribution in [0.15, 0.2) is 47.6 Å². The van der Waals surface area contributed by atoms with Gasteiger partial charge < -0.3 is 9.88 Å². The molecule has 6 nitrogen and oxygen atoms in total. The van der Waals surface area contributed by atoms with Crippen molar-refractivity contribution in [1.29, 1.82) is 0 Å². The Morgan fingerprint density at radius 1 is 1.13 bits per heavy atom. The predicted octanol–water partition coefficient (Wildman–Crippen LogP) is 5.31. The Kier molecular flexibility index (Phi) is 6.15. The number of benzene rings is 2. The van der Waals surface area contributed by atoms with Crippen LogP contribution in [-0.4, -0.2) is 31.4 Å². The van der Waals surface area contributed by atoms with E-state index in [4.69, 9.17) is 4.98 Å². The first-order valence-electron chi connectivity index (χ1n) is 9.83. The first-order chi connectivity index (χ1) is 14.5. The maximum absolute atomic E-state index is 12.4. The van der Waals surface area contributed by atoms with Crippen molar-refractivity contribution in [2.24, 2.45) is 0 Å². The number of carbonyl (C=O) groups excluding carboxylic acids is 1. The standard InChI is InChI=1S/C22H23N5OS2/c1-4-11-27-15(3)25-26-22(27)29-13-20(28)23-17-8-6-16(7-9-17)21-24-18-10-5-14(2)12-19(18)30-21/h5-10,12H,4,11,13H2,1-3H3,(H,23,28). The highest BCUT2D eigenvalue weighted by Crippen LogP contribution is 2.31. The second-order valence-corrected chi connectivity index (χ2v) is 9.06. The minimum atomic E-state index is -0.0630. The largest absolute Gasteiger partial charge is 0.325 e. The number of hydrogen-bond acceptors (Lipinski definition) is 6. The number of nitrogens with zero attached hydrogens (tertiary/aromatic N) is 4. The lowest BCUT2D eigenvalue weighted by atomic mass is 10.2. The number of thioether (sulfide) groups is 1. The summed E-state index contributed by atoms with van der Waals surface area (Å²) in [4.78, 5) is 17.1. The summed E-state index contributed by atoms with van der Waals surface area (Å²) in [7, 11) is 0. The molecule has 8 heteroatoms. The number of amides is 1. The minimum Gasteiger partial charge on any atom is -0.325 e. The van der Waals surface area contributed by atoms with Gasteiger partial charge in [-0.3, -0.25) is 4.79 Å². The highest BCUT2D eigenvalue weighted by molar-refractivity contribution is 7.99. The molecular formula is C22H23N5OS2. The molecule has 0 unspecified atom stereocenters. The van der Waals surface area contributed by atoms with E-state index in [1.54, 1.807) is 11.3 Å². The molecule has 0 saturated heterocycles. The molecule has 2 heterocycles. The van der Waals surface area contributed by atoms with E-state index in [0.29, 0.717) is 5.75 Å². The Bertz CT molecular complexity index is 1180. The van der Waals surface area contributed by atoms with E-state index in [1.807, 2.05) is 35.8 Å². The molecule has 4 aromatic rings. The zero-order chi connectivity index (χ0) is 21.1. The van der Waals surface area contributed by atoms with Gasteiger partial charge in [-0.1, -0.05) is 24.8 Å². The number of fused-ring (bicyclic) bond motifs is 1. The van der Waals surface area contributed by atoms with Crippen molar-refractivity contribution in [3.8, 4) is 10.6 Å². The summed E-state index contributed by atoms with van der Waals surface area (Å²) < 4.78 is 3.23. The Labute approximate surface area is 183 Å². The van der Waals surface area contributed by atoms with E-state index in [-0.39, 0.29) is 5.91 Å². The first kappa shape index (κ1) is 20.6. The van der Waals surface area contributed by atoms with Crippen LogP contribution in [0.25, 0.3) is 20.8 Å². The molecule has 154 valence electrons. The zero-order valence-corrected chi connectivity index (χ0v) is 18.8. The van der Waals surface area contributed by atoms with E-state index in [9.17, 15) is 4.79 Å². The Balaban J connectivity index is 1.38. The third kappa shape index (κ3) is 4.55. The molecule has 1 amide bonds. The van der Waals surface area contributed by atoms with Gasteiger partial charge in [0.2, 0.25) is 5.91 Å².